The predicted molar refractivity (Wildman–Crippen MR) is 79.3 cm³/mol. The molecule has 5 nitrogen and oxygen atoms in total. The quantitative estimate of drug-likeness (QED) is 0.527. The van der Waals surface area contributed by atoms with Gasteiger partial charge in [-0.3, -0.25) is 10.1 Å². The molecule has 0 bridgehead atoms. The van der Waals surface area contributed by atoms with Crippen molar-refractivity contribution in [2.75, 3.05) is 0 Å². The molecular formula is C14H8BrN3O2. The van der Waals surface area contributed by atoms with Crippen LogP contribution in [0.1, 0.15) is 0 Å². The van der Waals surface area contributed by atoms with E-state index in [2.05, 4.69) is 26.1 Å². The van der Waals surface area contributed by atoms with Crippen LogP contribution < -0.4 is 0 Å². The Balaban J connectivity index is 2.14. The highest BCUT2D eigenvalue weighted by Gasteiger charge is 2.11. The molecule has 2 aromatic carbocycles. The number of rotatable bonds is 2. The molecule has 6 heteroatoms. The van der Waals surface area contributed by atoms with Gasteiger partial charge >= 0.3 is 0 Å². The molecule has 3 aromatic rings. The highest BCUT2D eigenvalue weighted by molar-refractivity contribution is 9.10. The summed E-state index contributed by atoms with van der Waals surface area (Å²) in [6, 6.07) is 13.9. The van der Waals surface area contributed by atoms with Crippen LogP contribution in [0.5, 0.6) is 0 Å². The first-order chi connectivity index (χ1) is 9.66. The predicted octanol–water partition coefficient (Wildman–Crippen LogP) is 3.97. The largest absolute Gasteiger partial charge is 0.269 e. The van der Waals surface area contributed by atoms with E-state index < -0.39 is 4.92 Å². The minimum Gasteiger partial charge on any atom is -0.258 e. The van der Waals surface area contributed by atoms with E-state index in [4.69, 9.17) is 0 Å². The lowest BCUT2D eigenvalue weighted by Gasteiger charge is -2.05. The van der Waals surface area contributed by atoms with Gasteiger partial charge in [0.05, 0.1) is 14.9 Å². The van der Waals surface area contributed by atoms with Crippen molar-refractivity contribution in [1.29, 1.82) is 0 Å². The molecule has 0 aliphatic carbocycles. The van der Waals surface area contributed by atoms with Gasteiger partial charge in [-0.05, 0) is 34.1 Å². The van der Waals surface area contributed by atoms with Crippen molar-refractivity contribution in [3.63, 3.8) is 0 Å². The first-order valence-corrected chi connectivity index (χ1v) is 6.62. The Hall–Kier alpha value is -2.34. The van der Waals surface area contributed by atoms with Gasteiger partial charge in [-0.15, -0.1) is 10.2 Å². The molecule has 0 saturated carbocycles. The first kappa shape index (κ1) is 12.7. The van der Waals surface area contributed by atoms with Crippen molar-refractivity contribution in [1.82, 2.24) is 10.2 Å². The zero-order valence-electron chi connectivity index (χ0n) is 10.2. The van der Waals surface area contributed by atoms with E-state index in [0.29, 0.717) is 5.69 Å². The van der Waals surface area contributed by atoms with Crippen molar-refractivity contribution >= 4 is 32.5 Å². The van der Waals surface area contributed by atoms with Crippen LogP contribution in [0.4, 0.5) is 5.69 Å². The Morgan fingerprint density at radius 1 is 1.00 bits per heavy atom. The maximum Gasteiger partial charge on any atom is 0.269 e. The number of hydrogen-bond donors (Lipinski definition) is 0. The monoisotopic (exact) mass is 329 g/mol. The van der Waals surface area contributed by atoms with Crippen molar-refractivity contribution in [2.45, 2.75) is 0 Å². The van der Waals surface area contributed by atoms with Crippen LogP contribution in [-0.4, -0.2) is 15.1 Å². The topological polar surface area (TPSA) is 68.9 Å². The maximum absolute atomic E-state index is 10.7. The molecule has 1 heterocycles. The number of benzene rings is 2. The number of fused-ring (bicyclic) bond motifs is 1. The molecule has 0 radical (unpaired) electrons. The van der Waals surface area contributed by atoms with Crippen LogP contribution in [-0.2, 0) is 0 Å². The average Bonchev–Trinajstić information content (AvgIpc) is 2.48. The Morgan fingerprint density at radius 2 is 1.70 bits per heavy atom. The molecule has 0 N–H and O–H groups in total. The third-order valence-electron chi connectivity index (χ3n) is 2.96. The third kappa shape index (κ3) is 2.14. The van der Waals surface area contributed by atoms with Crippen LogP contribution in [0.3, 0.4) is 0 Å². The number of hydrogen-bond acceptors (Lipinski definition) is 4. The smallest absolute Gasteiger partial charge is 0.258 e. The molecule has 0 unspecified atom stereocenters. The van der Waals surface area contributed by atoms with Crippen LogP contribution >= 0.6 is 15.9 Å². The van der Waals surface area contributed by atoms with Gasteiger partial charge in [-0.2, -0.15) is 0 Å². The summed E-state index contributed by atoms with van der Waals surface area (Å²) in [6.45, 7) is 0. The second-order valence-electron chi connectivity index (χ2n) is 4.18. The first-order valence-electron chi connectivity index (χ1n) is 5.82. The Bertz CT molecular complexity index is 803. The summed E-state index contributed by atoms with van der Waals surface area (Å²) >= 11 is 3.53. The summed E-state index contributed by atoms with van der Waals surface area (Å²) in [5.41, 5.74) is 2.29. The van der Waals surface area contributed by atoms with Gasteiger partial charge < -0.3 is 0 Å². The molecule has 0 aliphatic rings. The normalized spacial score (nSPS) is 10.7. The van der Waals surface area contributed by atoms with Gasteiger partial charge in [0.1, 0.15) is 5.69 Å². The molecule has 0 aliphatic heterocycles. The molecule has 1 aromatic heterocycles. The van der Waals surface area contributed by atoms with Crippen molar-refractivity contribution in [3.8, 4) is 11.3 Å². The minimum absolute atomic E-state index is 0.0543. The maximum atomic E-state index is 10.7. The molecule has 0 spiro atoms. The zero-order chi connectivity index (χ0) is 14.1. The van der Waals surface area contributed by atoms with Gasteiger partial charge in [-0.1, -0.05) is 18.2 Å². The second kappa shape index (κ2) is 4.97. The SMILES string of the molecule is O=[N+]([O-])c1ccc(-c2nnc3ccccc3c2Br)cc1. The van der Waals surface area contributed by atoms with E-state index in [9.17, 15) is 10.1 Å². The summed E-state index contributed by atoms with van der Waals surface area (Å²) in [5, 5.41) is 20.0. The van der Waals surface area contributed by atoms with Crippen molar-refractivity contribution in [3.05, 3.63) is 63.1 Å². The van der Waals surface area contributed by atoms with Crippen LogP contribution in [0.25, 0.3) is 22.2 Å². The zero-order valence-corrected chi connectivity index (χ0v) is 11.7. The van der Waals surface area contributed by atoms with Crippen LogP contribution in [0.2, 0.25) is 0 Å². The fraction of sp³-hybridized carbons (Fsp3) is 0. The van der Waals surface area contributed by atoms with E-state index in [1.807, 2.05) is 24.3 Å². The Kier molecular flexibility index (Phi) is 3.15. The van der Waals surface area contributed by atoms with Crippen LogP contribution in [0, 0.1) is 10.1 Å². The fourth-order valence-electron chi connectivity index (χ4n) is 1.95. The number of halogens is 1. The van der Waals surface area contributed by atoms with Crippen LogP contribution in [0.15, 0.2) is 53.0 Å². The molecular weight excluding hydrogens is 322 g/mol. The number of nitro groups is 1. The number of aromatic nitrogens is 2. The average molecular weight is 330 g/mol. The van der Waals surface area contributed by atoms with Crippen molar-refractivity contribution in [2.24, 2.45) is 0 Å². The number of nitrogens with zero attached hydrogens (tertiary/aromatic N) is 3. The highest BCUT2D eigenvalue weighted by atomic mass is 79.9. The number of nitro benzene ring substituents is 1. The van der Waals surface area contributed by atoms with Gasteiger partial charge in [-0.25, -0.2) is 0 Å². The lowest BCUT2D eigenvalue weighted by Crippen LogP contribution is -1.92. The Morgan fingerprint density at radius 3 is 2.40 bits per heavy atom. The Labute approximate surface area is 122 Å². The molecule has 0 fully saturated rings. The summed E-state index contributed by atoms with van der Waals surface area (Å²) in [7, 11) is 0. The molecule has 20 heavy (non-hydrogen) atoms. The van der Waals surface area contributed by atoms with Crippen molar-refractivity contribution < 1.29 is 4.92 Å². The standard InChI is InChI=1S/C14H8BrN3O2/c15-13-11-3-1-2-4-12(11)16-17-14(13)9-5-7-10(8-6-9)18(19)20/h1-8H. The molecule has 3 rings (SSSR count). The van der Waals surface area contributed by atoms with E-state index in [-0.39, 0.29) is 5.69 Å². The summed E-state index contributed by atoms with van der Waals surface area (Å²) < 4.78 is 0.831. The molecule has 0 saturated heterocycles. The van der Waals surface area contributed by atoms with Gasteiger partial charge in [0, 0.05) is 23.1 Å². The summed E-state index contributed by atoms with van der Waals surface area (Å²) in [6.07, 6.45) is 0. The molecule has 0 amide bonds. The van der Waals surface area contributed by atoms with Gasteiger partial charge in [0.15, 0.2) is 0 Å². The third-order valence-corrected chi connectivity index (χ3v) is 3.76. The highest BCUT2D eigenvalue weighted by Crippen LogP contribution is 2.32. The number of non-ortho nitro benzene ring substituents is 1. The fourth-order valence-corrected chi connectivity index (χ4v) is 2.59. The lowest BCUT2D eigenvalue weighted by molar-refractivity contribution is -0.384. The molecule has 98 valence electrons. The minimum atomic E-state index is -0.426. The van der Waals surface area contributed by atoms with Gasteiger partial charge in [0.2, 0.25) is 0 Å². The summed E-state index contributed by atoms with van der Waals surface area (Å²) in [5.74, 6) is 0. The van der Waals surface area contributed by atoms with Gasteiger partial charge in [0.25, 0.3) is 5.69 Å². The molecule has 0 atom stereocenters. The van der Waals surface area contributed by atoms with E-state index in [0.717, 1.165) is 20.9 Å². The van der Waals surface area contributed by atoms with E-state index >= 15 is 0 Å². The van der Waals surface area contributed by atoms with E-state index in [1.165, 1.54) is 12.1 Å². The summed E-state index contributed by atoms with van der Waals surface area (Å²) in [4.78, 5) is 10.2. The second-order valence-corrected chi connectivity index (χ2v) is 4.98. The lowest BCUT2D eigenvalue weighted by atomic mass is 10.1. The van der Waals surface area contributed by atoms with E-state index in [1.54, 1.807) is 12.1 Å².